The van der Waals surface area contributed by atoms with Crippen LogP contribution in [0, 0.1) is 0 Å². The van der Waals surface area contributed by atoms with Gasteiger partial charge in [0.25, 0.3) is 0 Å². The van der Waals surface area contributed by atoms with Crippen LogP contribution >= 0.6 is 0 Å². The maximum absolute atomic E-state index is 9.77. The Labute approximate surface area is 164 Å². The summed E-state index contributed by atoms with van der Waals surface area (Å²) in [6.07, 6.45) is 0.832. The summed E-state index contributed by atoms with van der Waals surface area (Å²) < 4.78 is 5.40. The van der Waals surface area contributed by atoms with Gasteiger partial charge in [0.15, 0.2) is 12.2 Å². The van der Waals surface area contributed by atoms with E-state index in [1.165, 1.54) is 31.2 Å². The number of carboxylic acid groups (broad SMARTS) is 2. The molecule has 2 fully saturated rings. The van der Waals surface area contributed by atoms with E-state index in [4.69, 9.17) is 25.2 Å². The first kappa shape index (κ1) is 22.1. The van der Waals surface area contributed by atoms with E-state index in [-0.39, 0.29) is 0 Å². The monoisotopic (exact) mass is 395 g/mol. The van der Waals surface area contributed by atoms with Gasteiger partial charge in [-0.25, -0.2) is 9.59 Å². The molecule has 3 rings (SSSR count). The van der Waals surface area contributed by atoms with Crippen molar-refractivity contribution in [3.8, 4) is 5.75 Å². The van der Waals surface area contributed by atoms with Crippen molar-refractivity contribution in [1.29, 1.82) is 0 Å². The molecule has 0 amide bonds. The quantitative estimate of drug-likeness (QED) is 0.583. The number of ether oxygens (including phenoxy) is 1. The van der Waals surface area contributed by atoms with Crippen molar-refractivity contribution in [1.82, 2.24) is 4.90 Å². The third-order valence-corrected chi connectivity index (χ3v) is 6.20. The Morgan fingerprint density at radius 2 is 1.82 bits per heavy atom. The predicted octanol–water partition coefficient (Wildman–Crippen LogP) is 1.09. The fourth-order valence-electron chi connectivity index (χ4n) is 4.42. The number of carboxylic acids is 2. The molecule has 0 radical (unpaired) electrons. The highest BCUT2D eigenvalue weighted by atomic mass is 16.5. The molecule has 0 spiro atoms. The number of hydrogen-bond acceptors (Lipinski definition) is 6. The summed E-state index contributed by atoms with van der Waals surface area (Å²) in [5.41, 5.74) is 1.83. The van der Waals surface area contributed by atoms with Crippen LogP contribution < -0.4 is 4.74 Å². The van der Waals surface area contributed by atoms with E-state index in [0.29, 0.717) is 11.5 Å². The molecule has 2 aliphatic rings. The van der Waals surface area contributed by atoms with Gasteiger partial charge in [-0.1, -0.05) is 18.6 Å². The SMILES string of the molecule is COc1cccc(C23CCCC(C2)N(C)C3C)c1.O=C(O)[C@@H](O)[C@H](O)C(=O)O. The molecule has 1 heterocycles. The number of likely N-dealkylation sites (tertiary alicyclic amines) is 1. The van der Waals surface area contributed by atoms with Gasteiger partial charge in [0.1, 0.15) is 5.75 Å². The minimum absolute atomic E-state index is 0.353. The van der Waals surface area contributed by atoms with Gasteiger partial charge in [-0.3, -0.25) is 4.90 Å². The van der Waals surface area contributed by atoms with E-state index < -0.39 is 24.1 Å². The molecule has 8 nitrogen and oxygen atoms in total. The lowest BCUT2D eigenvalue weighted by Gasteiger charge is -2.36. The van der Waals surface area contributed by atoms with E-state index in [2.05, 4.69) is 37.1 Å². The van der Waals surface area contributed by atoms with Gasteiger partial charge in [0.05, 0.1) is 7.11 Å². The highest BCUT2D eigenvalue weighted by molar-refractivity contribution is 5.83. The van der Waals surface area contributed by atoms with Gasteiger partial charge in [0, 0.05) is 17.5 Å². The second-order valence-electron chi connectivity index (χ2n) is 7.55. The summed E-state index contributed by atoms with van der Waals surface area (Å²) in [6.45, 7) is 2.39. The van der Waals surface area contributed by atoms with Crippen molar-refractivity contribution in [2.75, 3.05) is 14.2 Å². The molecule has 2 bridgehead atoms. The van der Waals surface area contributed by atoms with Crippen molar-refractivity contribution in [3.05, 3.63) is 29.8 Å². The Balaban J connectivity index is 0.000000242. The van der Waals surface area contributed by atoms with E-state index in [1.807, 2.05) is 6.07 Å². The number of methoxy groups -OCH3 is 1. The zero-order valence-corrected chi connectivity index (χ0v) is 16.4. The fourth-order valence-corrected chi connectivity index (χ4v) is 4.42. The zero-order chi connectivity index (χ0) is 21.1. The lowest BCUT2D eigenvalue weighted by Crippen LogP contribution is -2.39. The first-order valence-electron chi connectivity index (χ1n) is 9.32. The number of rotatable bonds is 5. The summed E-state index contributed by atoms with van der Waals surface area (Å²) in [7, 11) is 4.05. The number of aliphatic hydroxyl groups excluding tert-OH is 2. The molecule has 1 aliphatic carbocycles. The smallest absolute Gasteiger partial charge is 0.335 e. The van der Waals surface area contributed by atoms with Crippen LogP contribution in [-0.2, 0) is 15.0 Å². The summed E-state index contributed by atoms with van der Waals surface area (Å²) in [4.78, 5) is 22.1. The number of likely N-dealkylation sites (N-methyl/N-ethyl adjacent to an activating group) is 1. The van der Waals surface area contributed by atoms with E-state index >= 15 is 0 Å². The standard InChI is InChI=1S/C16H23NO.C4H6O6/c1-12-16(9-5-7-14(11-16)17(12)2)13-6-4-8-15(10-13)18-3;5-1(3(7)8)2(6)4(9)10/h4,6,8,10,12,14H,5,7,9,11H2,1-3H3;1-2,5-6H,(H,7,8)(H,9,10)/t;1-,2-/m.0/s1. The highest BCUT2D eigenvalue weighted by Gasteiger charge is 2.51. The van der Waals surface area contributed by atoms with Gasteiger partial charge in [-0.15, -0.1) is 0 Å². The van der Waals surface area contributed by atoms with Crippen LogP contribution in [0.3, 0.4) is 0 Å². The van der Waals surface area contributed by atoms with Crippen molar-refractivity contribution >= 4 is 11.9 Å². The normalized spacial score (nSPS) is 28.6. The zero-order valence-electron chi connectivity index (χ0n) is 16.4. The topological polar surface area (TPSA) is 128 Å². The van der Waals surface area contributed by atoms with Crippen LogP contribution in [0.4, 0.5) is 0 Å². The summed E-state index contributed by atoms with van der Waals surface area (Å²) in [5.74, 6) is -2.55. The van der Waals surface area contributed by atoms with Crippen LogP contribution in [0.2, 0.25) is 0 Å². The van der Waals surface area contributed by atoms with E-state index in [9.17, 15) is 9.59 Å². The van der Waals surface area contributed by atoms with Crippen LogP contribution in [0.15, 0.2) is 24.3 Å². The highest BCUT2D eigenvalue weighted by Crippen LogP contribution is 2.51. The Hall–Kier alpha value is -2.16. The largest absolute Gasteiger partial charge is 0.497 e. The van der Waals surface area contributed by atoms with Crippen LogP contribution in [0.25, 0.3) is 0 Å². The third kappa shape index (κ3) is 4.29. The maximum atomic E-state index is 9.77. The Bertz CT molecular complexity index is 692. The minimum Gasteiger partial charge on any atom is -0.497 e. The molecule has 156 valence electrons. The number of nitrogens with zero attached hydrogens (tertiary/aromatic N) is 1. The molecule has 0 aromatic heterocycles. The fraction of sp³-hybridized carbons (Fsp3) is 0.600. The Morgan fingerprint density at radius 3 is 2.36 bits per heavy atom. The molecule has 4 N–H and O–H groups in total. The molecule has 1 aromatic carbocycles. The molecule has 1 aliphatic heterocycles. The van der Waals surface area contributed by atoms with Crippen LogP contribution in [0.1, 0.15) is 38.2 Å². The molecule has 3 unspecified atom stereocenters. The molecule has 5 atom stereocenters. The van der Waals surface area contributed by atoms with Crippen molar-refractivity contribution in [2.24, 2.45) is 0 Å². The predicted molar refractivity (Wildman–Crippen MR) is 101 cm³/mol. The number of fused-ring (bicyclic) bond motifs is 2. The molecule has 28 heavy (non-hydrogen) atoms. The average Bonchev–Trinajstić information content (AvgIpc) is 2.87. The summed E-state index contributed by atoms with van der Waals surface area (Å²) in [6, 6.07) is 10.1. The van der Waals surface area contributed by atoms with Crippen LogP contribution in [0.5, 0.6) is 5.75 Å². The van der Waals surface area contributed by atoms with Crippen molar-refractivity contribution < 1.29 is 34.8 Å². The second kappa shape index (κ2) is 8.89. The molecule has 8 heteroatoms. The summed E-state index contributed by atoms with van der Waals surface area (Å²) in [5, 5.41) is 32.5. The molecular weight excluding hydrogens is 366 g/mol. The Kier molecular flexibility index (Phi) is 7.03. The molecular formula is C20H29NO7. The Morgan fingerprint density at radius 1 is 1.21 bits per heavy atom. The number of benzene rings is 1. The van der Waals surface area contributed by atoms with Gasteiger partial charge in [-0.2, -0.15) is 0 Å². The summed E-state index contributed by atoms with van der Waals surface area (Å²) >= 11 is 0. The van der Waals surface area contributed by atoms with Crippen molar-refractivity contribution in [2.45, 2.75) is 62.3 Å². The number of hydrogen-bond donors (Lipinski definition) is 4. The minimum atomic E-state index is -2.27. The van der Waals surface area contributed by atoms with Crippen LogP contribution in [-0.4, -0.2) is 75.7 Å². The van der Waals surface area contributed by atoms with Gasteiger partial charge in [-0.05, 0) is 50.9 Å². The lowest BCUT2D eigenvalue weighted by atomic mass is 9.67. The molecule has 1 aromatic rings. The number of carbonyl (C=O) groups is 2. The molecule has 1 saturated carbocycles. The van der Waals surface area contributed by atoms with Gasteiger partial charge < -0.3 is 25.2 Å². The average molecular weight is 395 g/mol. The van der Waals surface area contributed by atoms with E-state index in [1.54, 1.807) is 7.11 Å². The second-order valence-corrected chi connectivity index (χ2v) is 7.55. The maximum Gasteiger partial charge on any atom is 0.335 e. The van der Waals surface area contributed by atoms with Gasteiger partial charge >= 0.3 is 11.9 Å². The van der Waals surface area contributed by atoms with Gasteiger partial charge in [0.2, 0.25) is 0 Å². The third-order valence-electron chi connectivity index (χ3n) is 6.20. The van der Waals surface area contributed by atoms with Crippen molar-refractivity contribution in [3.63, 3.8) is 0 Å². The first-order chi connectivity index (χ1) is 13.1. The first-order valence-corrected chi connectivity index (χ1v) is 9.32. The number of aliphatic hydroxyl groups is 2. The lowest BCUT2D eigenvalue weighted by molar-refractivity contribution is -0.165. The molecule has 1 saturated heterocycles. The number of aliphatic carboxylic acids is 2. The van der Waals surface area contributed by atoms with E-state index in [0.717, 1.165) is 11.8 Å².